The average molecular weight is 420 g/mol. The van der Waals surface area contributed by atoms with Gasteiger partial charge in [-0.1, -0.05) is 0 Å². The number of nitrogens with one attached hydrogen (secondary N) is 2. The zero-order valence-electron chi connectivity index (χ0n) is 16.5. The van der Waals surface area contributed by atoms with Crippen molar-refractivity contribution >= 4 is 28.8 Å². The number of ether oxygens (including phenoxy) is 3. The molecule has 156 valence electrons. The van der Waals surface area contributed by atoms with Crippen LogP contribution in [0.1, 0.15) is 11.6 Å². The van der Waals surface area contributed by atoms with Crippen molar-refractivity contribution in [2.75, 3.05) is 52.4 Å². The van der Waals surface area contributed by atoms with Crippen molar-refractivity contribution in [3.8, 4) is 11.5 Å². The van der Waals surface area contributed by atoms with Gasteiger partial charge < -0.3 is 24.8 Å². The summed E-state index contributed by atoms with van der Waals surface area (Å²) in [6.45, 7) is 3.22. The van der Waals surface area contributed by atoms with Gasteiger partial charge in [-0.15, -0.1) is 0 Å². The van der Waals surface area contributed by atoms with E-state index in [0.717, 1.165) is 18.7 Å². The highest BCUT2D eigenvalue weighted by Gasteiger charge is 2.25. The van der Waals surface area contributed by atoms with Crippen LogP contribution in [0, 0.1) is 0 Å². The summed E-state index contributed by atoms with van der Waals surface area (Å²) in [5, 5.41) is 9.41. The van der Waals surface area contributed by atoms with Crippen molar-refractivity contribution in [1.29, 1.82) is 0 Å². The third-order valence-electron chi connectivity index (χ3n) is 4.73. The molecule has 0 saturated carbocycles. The van der Waals surface area contributed by atoms with Gasteiger partial charge in [0.1, 0.15) is 11.5 Å². The van der Waals surface area contributed by atoms with E-state index in [0.29, 0.717) is 36.9 Å². The quantitative estimate of drug-likeness (QED) is 0.667. The Bertz CT molecular complexity index is 822. The van der Waals surface area contributed by atoms with Gasteiger partial charge in [0.05, 0.1) is 39.2 Å². The molecule has 2 N–H and O–H groups in total. The molecule has 0 bridgehead atoms. The monoisotopic (exact) mass is 419 g/mol. The Labute approximate surface area is 173 Å². The SMILES string of the molecule is COc1ccc(NC(=O)C(=O)NC[C@H](c2ccsc2)N2CCOCC2)c(OC)c1. The minimum atomic E-state index is -0.750. The van der Waals surface area contributed by atoms with Crippen molar-refractivity contribution in [2.24, 2.45) is 0 Å². The molecule has 2 amide bonds. The molecule has 1 aromatic carbocycles. The Morgan fingerprint density at radius 2 is 1.97 bits per heavy atom. The summed E-state index contributed by atoms with van der Waals surface area (Å²) >= 11 is 1.61. The lowest BCUT2D eigenvalue weighted by atomic mass is 10.1. The number of methoxy groups -OCH3 is 2. The van der Waals surface area contributed by atoms with E-state index in [1.54, 1.807) is 36.6 Å². The second-order valence-electron chi connectivity index (χ2n) is 6.45. The standard InChI is InChI=1S/C20H25N3O5S/c1-26-15-3-4-16(18(11-15)27-2)22-20(25)19(24)21-12-17(14-5-10-29-13-14)23-6-8-28-9-7-23/h3-5,10-11,13,17H,6-9,12H2,1-2H3,(H,21,24)(H,22,25)/t17-/m1/s1. The maximum atomic E-state index is 12.4. The number of amides is 2. The molecule has 8 nitrogen and oxygen atoms in total. The minimum Gasteiger partial charge on any atom is -0.497 e. The Morgan fingerprint density at radius 1 is 1.17 bits per heavy atom. The van der Waals surface area contributed by atoms with E-state index in [1.165, 1.54) is 7.11 Å². The summed E-state index contributed by atoms with van der Waals surface area (Å²) in [4.78, 5) is 27.0. The van der Waals surface area contributed by atoms with Crippen LogP contribution in [0.15, 0.2) is 35.0 Å². The number of nitrogens with zero attached hydrogens (tertiary/aromatic N) is 1. The Kier molecular flexibility index (Phi) is 7.45. The molecule has 0 radical (unpaired) electrons. The van der Waals surface area contributed by atoms with Crippen molar-refractivity contribution in [3.05, 3.63) is 40.6 Å². The molecule has 1 aliphatic rings. The van der Waals surface area contributed by atoms with Gasteiger partial charge in [-0.2, -0.15) is 11.3 Å². The van der Waals surface area contributed by atoms with E-state index in [2.05, 4.69) is 20.9 Å². The molecule has 0 unspecified atom stereocenters. The molecule has 1 aliphatic heterocycles. The predicted molar refractivity (Wildman–Crippen MR) is 111 cm³/mol. The van der Waals surface area contributed by atoms with Gasteiger partial charge >= 0.3 is 11.8 Å². The first-order chi connectivity index (χ1) is 14.1. The van der Waals surface area contributed by atoms with Crippen LogP contribution in [-0.2, 0) is 14.3 Å². The van der Waals surface area contributed by atoms with E-state index < -0.39 is 11.8 Å². The minimum absolute atomic E-state index is 0.00239. The van der Waals surface area contributed by atoms with Gasteiger partial charge in [-0.3, -0.25) is 14.5 Å². The topological polar surface area (TPSA) is 89.1 Å². The normalized spacial score (nSPS) is 15.4. The van der Waals surface area contributed by atoms with Crippen LogP contribution in [0.25, 0.3) is 0 Å². The van der Waals surface area contributed by atoms with E-state index >= 15 is 0 Å². The lowest BCUT2D eigenvalue weighted by molar-refractivity contribution is -0.136. The molecule has 0 spiro atoms. The highest BCUT2D eigenvalue weighted by Crippen LogP contribution is 2.29. The van der Waals surface area contributed by atoms with Gasteiger partial charge in [0.25, 0.3) is 0 Å². The summed E-state index contributed by atoms with van der Waals surface area (Å²) in [6, 6.07) is 6.99. The van der Waals surface area contributed by atoms with Crippen molar-refractivity contribution in [3.63, 3.8) is 0 Å². The fraction of sp³-hybridized carbons (Fsp3) is 0.400. The molecule has 29 heavy (non-hydrogen) atoms. The van der Waals surface area contributed by atoms with Crippen molar-refractivity contribution in [2.45, 2.75) is 6.04 Å². The molecule has 2 aromatic rings. The van der Waals surface area contributed by atoms with Crippen LogP contribution in [0.4, 0.5) is 5.69 Å². The third kappa shape index (κ3) is 5.47. The molecule has 1 atom stereocenters. The third-order valence-corrected chi connectivity index (χ3v) is 5.43. The largest absolute Gasteiger partial charge is 0.497 e. The lowest BCUT2D eigenvalue weighted by Crippen LogP contribution is -2.45. The first kappa shape index (κ1) is 21.1. The highest BCUT2D eigenvalue weighted by atomic mass is 32.1. The van der Waals surface area contributed by atoms with Crippen LogP contribution in [0.5, 0.6) is 11.5 Å². The molecule has 9 heteroatoms. The van der Waals surface area contributed by atoms with Gasteiger partial charge in [0.2, 0.25) is 0 Å². The zero-order chi connectivity index (χ0) is 20.6. The van der Waals surface area contributed by atoms with E-state index in [-0.39, 0.29) is 6.04 Å². The number of carbonyl (C=O) groups excluding carboxylic acids is 2. The molecule has 2 heterocycles. The maximum absolute atomic E-state index is 12.4. The highest BCUT2D eigenvalue weighted by molar-refractivity contribution is 7.08. The summed E-state index contributed by atoms with van der Waals surface area (Å²) in [7, 11) is 3.02. The van der Waals surface area contributed by atoms with Crippen LogP contribution >= 0.6 is 11.3 Å². The number of benzene rings is 1. The number of hydrogen-bond donors (Lipinski definition) is 2. The summed E-state index contributed by atoms with van der Waals surface area (Å²) < 4.78 is 15.8. The Hall–Kier alpha value is -2.62. The molecule has 1 fully saturated rings. The van der Waals surface area contributed by atoms with E-state index in [4.69, 9.17) is 14.2 Å². The first-order valence-corrected chi connectivity index (χ1v) is 10.2. The van der Waals surface area contributed by atoms with Gasteiger partial charge in [0.15, 0.2) is 0 Å². The number of anilines is 1. The molecule has 0 aliphatic carbocycles. The summed E-state index contributed by atoms with van der Waals surface area (Å²) in [5.74, 6) is -0.445. The maximum Gasteiger partial charge on any atom is 0.313 e. The van der Waals surface area contributed by atoms with E-state index in [1.807, 2.05) is 11.4 Å². The molecular weight excluding hydrogens is 394 g/mol. The number of rotatable bonds is 7. The Morgan fingerprint density at radius 3 is 2.62 bits per heavy atom. The second-order valence-corrected chi connectivity index (χ2v) is 7.23. The summed E-state index contributed by atoms with van der Waals surface area (Å²) in [6.07, 6.45) is 0. The second kappa shape index (κ2) is 10.2. The fourth-order valence-corrected chi connectivity index (χ4v) is 3.87. The lowest BCUT2D eigenvalue weighted by Gasteiger charge is -2.34. The van der Waals surface area contributed by atoms with Crippen molar-refractivity contribution in [1.82, 2.24) is 10.2 Å². The zero-order valence-corrected chi connectivity index (χ0v) is 17.3. The predicted octanol–water partition coefficient (Wildman–Crippen LogP) is 1.89. The molecule has 1 aromatic heterocycles. The number of thiophene rings is 1. The van der Waals surface area contributed by atoms with Crippen LogP contribution in [0.3, 0.4) is 0 Å². The van der Waals surface area contributed by atoms with Gasteiger partial charge in [-0.05, 0) is 34.5 Å². The number of hydrogen-bond acceptors (Lipinski definition) is 7. The van der Waals surface area contributed by atoms with E-state index in [9.17, 15) is 9.59 Å². The smallest absolute Gasteiger partial charge is 0.313 e. The fourth-order valence-electron chi connectivity index (χ4n) is 3.16. The average Bonchev–Trinajstić information content (AvgIpc) is 3.29. The van der Waals surface area contributed by atoms with Gasteiger partial charge in [-0.25, -0.2) is 0 Å². The molecule has 3 rings (SSSR count). The molecular formula is C20H25N3O5S. The molecule has 1 saturated heterocycles. The van der Waals surface area contributed by atoms with Crippen molar-refractivity contribution < 1.29 is 23.8 Å². The van der Waals surface area contributed by atoms with Gasteiger partial charge in [0, 0.05) is 25.7 Å². The number of carbonyl (C=O) groups is 2. The van der Waals surface area contributed by atoms with Crippen LogP contribution in [0.2, 0.25) is 0 Å². The van der Waals surface area contributed by atoms with Crippen LogP contribution < -0.4 is 20.1 Å². The Balaban J connectivity index is 1.62. The van der Waals surface area contributed by atoms with Crippen LogP contribution in [-0.4, -0.2) is 63.8 Å². The first-order valence-electron chi connectivity index (χ1n) is 9.27. The number of morpholine rings is 1. The summed E-state index contributed by atoms with van der Waals surface area (Å²) in [5.41, 5.74) is 1.52.